The molecule has 0 aromatic carbocycles. The van der Waals surface area contributed by atoms with Crippen LogP contribution in [0.5, 0.6) is 0 Å². The molecule has 0 fully saturated rings. The van der Waals surface area contributed by atoms with Crippen molar-refractivity contribution in [1.29, 1.82) is 0 Å². The van der Waals surface area contributed by atoms with E-state index in [1.54, 1.807) is 11.3 Å². The summed E-state index contributed by atoms with van der Waals surface area (Å²) in [6, 6.07) is 2.86. The summed E-state index contributed by atoms with van der Waals surface area (Å²) in [7, 11) is 0. The summed E-state index contributed by atoms with van der Waals surface area (Å²) in [5.41, 5.74) is 2.16. The van der Waals surface area contributed by atoms with Crippen molar-refractivity contribution in [3.05, 3.63) is 23.1 Å². The van der Waals surface area contributed by atoms with Crippen LogP contribution in [0.2, 0.25) is 0 Å². The summed E-state index contributed by atoms with van der Waals surface area (Å²) < 4.78 is 5.76. The molecule has 98 valence electrons. The maximum absolute atomic E-state index is 5.76. The third-order valence-corrected chi connectivity index (χ3v) is 3.73. The Balaban J connectivity index is 2.34. The molecule has 2 rings (SSSR count). The fourth-order valence-electron chi connectivity index (χ4n) is 1.96. The molecule has 0 spiro atoms. The fraction of sp³-hybridized carbons (Fsp3) is 0.500. The predicted molar refractivity (Wildman–Crippen MR) is 78.4 cm³/mol. The number of thiophene rings is 1. The smallest absolute Gasteiger partial charge is 0.298 e. The Morgan fingerprint density at radius 1 is 1.39 bits per heavy atom. The molecule has 0 N–H and O–H groups in total. The van der Waals surface area contributed by atoms with Gasteiger partial charge in [0.15, 0.2) is 0 Å². The third-order valence-electron chi connectivity index (χ3n) is 2.78. The summed E-state index contributed by atoms with van der Waals surface area (Å²) in [4.78, 5) is 7.98. The van der Waals surface area contributed by atoms with E-state index >= 15 is 0 Å². The van der Waals surface area contributed by atoms with Gasteiger partial charge < -0.3 is 4.74 Å². The molecule has 0 amide bonds. The van der Waals surface area contributed by atoms with Crippen LogP contribution in [-0.4, -0.2) is 24.1 Å². The normalized spacial score (nSPS) is 14.5. The first-order valence-electron chi connectivity index (χ1n) is 6.46. The minimum Gasteiger partial charge on any atom is -0.465 e. The van der Waals surface area contributed by atoms with Gasteiger partial charge in [0, 0.05) is 22.7 Å². The summed E-state index contributed by atoms with van der Waals surface area (Å²) in [6.07, 6.45) is 2.04. The molecule has 0 saturated carbocycles. The molecule has 0 atom stereocenters. The first-order valence-corrected chi connectivity index (χ1v) is 7.27. The van der Waals surface area contributed by atoms with Crippen molar-refractivity contribution in [2.75, 3.05) is 13.2 Å². The van der Waals surface area contributed by atoms with Gasteiger partial charge in [-0.05, 0) is 25.8 Å². The van der Waals surface area contributed by atoms with Crippen LogP contribution in [0.25, 0.3) is 5.70 Å². The average molecular weight is 264 g/mol. The lowest BCUT2D eigenvalue weighted by atomic mass is 10.2. The molecular weight excluding hydrogens is 244 g/mol. The number of ether oxygens (including phenoxy) is 1. The van der Waals surface area contributed by atoms with Crippen molar-refractivity contribution >= 4 is 28.1 Å². The zero-order chi connectivity index (χ0) is 13.1. The van der Waals surface area contributed by atoms with E-state index in [0.717, 1.165) is 35.6 Å². The highest BCUT2D eigenvalue weighted by atomic mass is 32.1. The van der Waals surface area contributed by atoms with Gasteiger partial charge in [-0.25, -0.2) is 0 Å². The zero-order valence-electron chi connectivity index (χ0n) is 11.3. The van der Waals surface area contributed by atoms with Gasteiger partial charge in [0.1, 0.15) is 5.00 Å². The molecule has 1 aliphatic rings. The predicted octanol–water partition coefficient (Wildman–Crippen LogP) is 4.17. The standard InChI is InChI=1S/C14H20N2OS/c1-5-7-16-11(4)12-9-10(3)18-13(12)15-14(16)17-8-6-2/h9H,4-8H2,1-3H3. The molecule has 1 aromatic heterocycles. The molecule has 1 aromatic rings. The van der Waals surface area contributed by atoms with Crippen molar-refractivity contribution in [2.24, 2.45) is 4.99 Å². The lowest BCUT2D eigenvalue weighted by molar-refractivity contribution is 0.257. The van der Waals surface area contributed by atoms with Crippen LogP contribution < -0.4 is 0 Å². The van der Waals surface area contributed by atoms with Crippen molar-refractivity contribution < 1.29 is 4.74 Å². The highest BCUT2D eigenvalue weighted by molar-refractivity contribution is 7.16. The molecule has 0 aliphatic carbocycles. The van der Waals surface area contributed by atoms with Gasteiger partial charge in [-0.15, -0.1) is 11.3 Å². The molecule has 0 saturated heterocycles. The molecule has 4 heteroatoms. The molecular formula is C14H20N2OS. The Morgan fingerprint density at radius 3 is 2.83 bits per heavy atom. The number of nitrogens with zero attached hydrogens (tertiary/aromatic N) is 2. The highest BCUT2D eigenvalue weighted by Crippen LogP contribution is 2.39. The second-order valence-electron chi connectivity index (χ2n) is 4.42. The maximum atomic E-state index is 5.76. The van der Waals surface area contributed by atoms with Crippen molar-refractivity contribution in [3.8, 4) is 0 Å². The Labute approximate surface area is 113 Å². The van der Waals surface area contributed by atoms with Gasteiger partial charge in [-0.2, -0.15) is 4.99 Å². The Hall–Kier alpha value is -1.29. The lowest BCUT2D eigenvalue weighted by Gasteiger charge is -2.29. The number of rotatable bonds is 4. The lowest BCUT2D eigenvalue weighted by Crippen LogP contribution is -2.33. The summed E-state index contributed by atoms with van der Waals surface area (Å²) in [6.45, 7) is 12.1. The van der Waals surface area contributed by atoms with Gasteiger partial charge in [0.2, 0.25) is 0 Å². The summed E-state index contributed by atoms with van der Waals surface area (Å²) in [5.74, 6) is 0. The van der Waals surface area contributed by atoms with Gasteiger partial charge in [0.25, 0.3) is 6.02 Å². The number of hydrogen-bond donors (Lipinski definition) is 0. The molecule has 3 nitrogen and oxygen atoms in total. The number of fused-ring (bicyclic) bond motifs is 1. The van der Waals surface area contributed by atoms with Crippen LogP contribution in [0.4, 0.5) is 5.00 Å². The zero-order valence-corrected chi connectivity index (χ0v) is 12.1. The molecule has 0 unspecified atom stereocenters. The largest absolute Gasteiger partial charge is 0.465 e. The third kappa shape index (κ3) is 2.43. The Kier molecular flexibility index (Phi) is 4.07. The van der Waals surface area contributed by atoms with E-state index in [4.69, 9.17) is 4.74 Å². The second kappa shape index (κ2) is 5.57. The van der Waals surface area contributed by atoms with E-state index in [-0.39, 0.29) is 0 Å². The van der Waals surface area contributed by atoms with Crippen LogP contribution in [0, 0.1) is 6.92 Å². The number of amidine groups is 1. The van der Waals surface area contributed by atoms with Crippen molar-refractivity contribution in [1.82, 2.24) is 4.90 Å². The molecule has 1 aliphatic heterocycles. The average Bonchev–Trinajstić information content (AvgIpc) is 2.72. The summed E-state index contributed by atoms with van der Waals surface area (Å²) in [5, 5.41) is 1.02. The van der Waals surface area contributed by atoms with E-state index in [9.17, 15) is 0 Å². The fourth-order valence-corrected chi connectivity index (χ4v) is 2.85. The molecule has 2 heterocycles. The second-order valence-corrected chi connectivity index (χ2v) is 5.65. The number of hydrogen-bond acceptors (Lipinski definition) is 4. The van der Waals surface area contributed by atoms with Crippen molar-refractivity contribution in [2.45, 2.75) is 33.6 Å². The maximum Gasteiger partial charge on any atom is 0.298 e. The molecule has 0 radical (unpaired) electrons. The van der Waals surface area contributed by atoms with Crippen LogP contribution in [0.3, 0.4) is 0 Å². The monoisotopic (exact) mass is 264 g/mol. The van der Waals surface area contributed by atoms with Crippen LogP contribution in [0.15, 0.2) is 17.6 Å². The first kappa shape index (κ1) is 13.1. The van der Waals surface area contributed by atoms with E-state index in [1.165, 1.54) is 4.88 Å². The summed E-state index contributed by atoms with van der Waals surface area (Å²) >= 11 is 1.70. The van der Waals surface area contributed by atoms with E-state index in [0.29, 0.717) is 12.6 Å². The van der Waals surface area contributed by atoms with E-state index < -0.39 is 0 Å². The van der Waals surface area contributed by atoms with Crippen LogP contribution in [-0.2, 0) is 4.74 Å². The number of aliphatic imine (C=N–C) groups is 1. The SMILES string of the molecule is C=C1c2cc(C)sc2N=C(OCCC)N1CCC. The van der Waals surface area contributed by atoms with Gasteiger partial charge in [-0.1, -0.05) is 20.4 Å². The first-order chi connectivity index (χ1) is 8.67. The minimum atomic E-state index is 0.700. The van der Waals surface area contributed by atoms with Gasteiger partial charge in [0.05, 0.1) is 6.61 Å². The van der Waals surface area contributed by atoms with Crippen LogP contribution >= 0.6 is 11.3 Å². The van der Waals surface area contributed by atoms with Gasteiger partial charge in [-0.3, -0.25) is 4.90 Å². The topological polar surface area (TPSA) is 24.8 Å². The minimum absolute atomic E-state index is 0.700. The quantitative estimate of drug-likeness (QED) is 0.815. The van der Waals surface area contributed by atoms with Crippen molar-refractivity contribution in [3.63, 3.8) is 0 Å². The van der Waals surface area contributed by atoms with Gasteiger partial charge >= 0.3 is 0 Å². The molecule has 18 heavy (non-hydrogen) atoms. The Bertz CT molecular complexity index is 476. The number of aryl methyl sites for hydroxylation is 1. The highest BCUT2D eigenvalue weighted by Gasteiger charge is 2.25. The van der Waals surface area contributed by atoms with E-state index in [2.05, 4.69) is 43.3 Å². The van der Waals surface area contributed by atoms with Crippen LogP contribution in [0.1, 0.15) is 37.1 Å². The Morgan fingerprint density at radius 2 is 2.17 bits per heavy atom. The van der Waals surface area contributed by atoms with E-state index in [1.807, 2.05) is 0 Å². The molecule has 0 bridgehead atoms.